The van der Waals surface area contributed by atoms with Crippen LogP contribution < -0.4 is 0 Å². The van der Waals surface area contributed by atoms with Crippen molar-refractivity contribution >= 4 is 0 Å². The molecule has 2 rings (SSSR count). The molecule has 0 bridgehead atoms. The van der Waals surface area contributed by atoms with Crippen LogP contribution in [0.25, 0.3) is 0 Å². The maximum Gasteiger partial charge on any atom is 0.00961 e. The first-order chi connectivity index (χ1) is 7.31. The van der Waals surface area contributed by atoms with Crippen molar-refractivity contribution in [2.75, 3.05) is 32.7 Å². The van der Waals surface area contributed by atoms with Crippen LogP contribution in [0.1, 0.15) is 39.5 Å². The molecule has 0 aromatic carbocycles. The Balaban J connectivity index is 1.78. The van der Waals surface area contributed by atoms with Crippen LogP contribution in [-0.2, 0) is 0 Å². The summed E-state index contributed by atoms with van der Waals surface area (Å²) in [6.07, 6.45) is 5.70. The highest BCUT2D eigenvalue weighted by atomic mass is 15.2. The van der Waals surface area contributed by atoms with E-state index >= 15 is 0 Å². The van der Waals surface area contributed by atoms with E-state index in [0.29, 0.717) is 0 Å². The van der Waals surface area contributed by atoms with Gasteiger partial charge in [0.05, 0.1) is 0 Å². The van der Waals surface area contributed by atoms with Gasteiger partial charge in [-0.25, -0.2) is 0 Å². The molecule has 2 nitrogen and oxygen atoms in total. The molecule has 0 aromatic heterocycles. The van der Waals surface area contributed by atoms with E-state index < -0.39 is 0 Å². The first kappa shape index (κ1) is 11.4. The highest BCUT2D eigenvalue weighted by Crippen LogP contribution is 2.26. The Labute approximate surface area is 94.6 Å². The fraction of sp³-hybridized carbons (Fsp3) is 1.00. The van der Waals surface area contributed by atoms with E-state index in [-0.39, 0.29) is 0 Å². The van der Waals surface area contributed by atoms with Crippen molar-refractivity contribution in [3.8, 4) is 0 Å². The lowest BCUT2D eigenvalue weighted by atomic mass is 9.89. The fourth-order valence-corrected chi connectivity index (χ4v) is 3.20. The quantitative estimate of drug-likeness (QED) is 0.704. The van der Waals surface area contributed by atoms with E-state index in [9.17, 15) is 0 Å². The molecule has 0 spiro atoms. The lowest BCUT2D eigenvalue weighted by Crippen LogP contribution is -2.43. The van der Waals surface area contributed by atoms with Crippen molar-refractivity contribution < 1.29 is 0 Å². The summed E-state index contributed by atoms with van der Waals surface area (Å²) in [6.45, 7) is 11.4. The smallest absolute Gasteiger partial charge is 0.00961 e. The zero-order valence-corrected chi connectivity index (χ0v) is 10.4. The summed E-state index contributed by atoms with van der Waals surface area (Å²) in [7, 11) is 0. The molecule has 2 fully saturated rings. The molecule has 2 heterocycles. The van der Waals surface area contributed by atoms with Crippen molar-refractivity contribution in [1.82, 2.24) is 9.80 Å². The lowest BCUT2D eigenvalue weighted by Gasteiger charge is -2.37. The second-order valence-corrected chi connectivity index (χ2v) is 5.26. The van der Waals surface area contributed by atoms with Crippen molar-refractivity contribution in [3.05, 3.63) is 0 Å². The zero-order chi connectivity index (χ0) is 10.7. The SMILES string of the molecule is CCN1CCC(C(C)N2CCCC2)CC1. The van der Waals surface area contributed by atoms with Crippen LogP contribution in [0.4, 0.5) is 0 Å². The van der Waals surface area contributed by atoms with Crippen LogP contribution in [0.5, 0.6) is 0 Å². The van der Waals surface area contributed by atoms with Gasteiger partial charge in [0.15, 0.2) is 0 Å². The van der Waals surface area contributed by atoms with Gasteiger partial charge in [-0.15, -0.1) is 0 Å². The molecule has 2 heteroatoms. The highest BCUT2D eigenvalue weighted by Gasteiger charge is 2.28. The minimum atomic E-state index is 0.839. The Hall–Kier alpha value is -0.0800. The van der Waals surface area contributed by atoms with Crippen molar-refractivity contribution in [1.29, 1.82) is 0 Å². The molecular weight excluding hydrogens is 184 g/mol. The molecule has 0 aromatic rings. The maximum atomic E-state index is 2.71. The fourth-order valence-electron chi connectivity index (χ4n) is 3.20. The number of piperidine rings is 1. The van der Waals surface area contributed by atoms with Gasteiger partial charge in [-0.05, 0) is 71.2 Å². The van der Waals surface area contributed by atoms with Gasteiger partial charge in [0.2, 0.25) is 0 Å². The molecule has 1 atom stereocenters. The summed E-state index contributed by atoms with van der Waals surface area (Å²) in [5.74, 6) is 0.964. The molecule has 2 aliphatic heterocycles. The van der Waals surface area contributed by atoms with E-state index in [1.54, 1.807) is 0 Å². The van der Waals surface area contributed by atoms with Gasteiger partial charge in [-0.2, -0.15) is 0 Å². The van der Waals surface area contributed by atoms with Crippen molar-refractivity contribution in [2.45, 2.75) is 45.6 Å². The van der Waals surface area contributed by atoms with Crippen molar-refractivity contribution in [2.24, 2.45) is 5.92 Å². The summed E-state index contributed by atoms with van der Waals surface area (Å²) < 4.78 is 0. The Morgan fingerprint density at radius 2 is 1.67 bits per heavy atom. The molecule has 1 unspecified atom stereocenters. The van der Waals surface area contributed by atoms with Gasteiger partial charge in [0.1, 0.15) is 0 Å². The number of likely N-dealkylation sites (tertiary alicyclic amines) is 2. The Bertz CT molecular complexity index is 179. The van der Waals surface area contributed by atoms with Gasteiger partial charge in [-0.1, -0.05) is 6.92 Å². The minimum Gasteiger partial charge on any atom is -0.304 e. The van der Waals surface area contributed by atoms with Gasteiger partial charge < -0.3 is 9.80 Å². The summed E-state index contributed by atoms with van der Waals surface area (Å²) in [6, 6.07) is 0.839. The number of hydrogen-bond donors (Lipinski definition) is 0. The highest BCUT2D eigenvalue weighted by molar-refractivity contribution is 4.83. The molecule has 2 aliphatic rings. The van der Waals surface area contributed by atoms with Crippen LogP contribution in [-0.4, -0.2) is 48.6 Å². The third kappa shape index (κ3) is 2.73. The van der Waals surface area contributed by atoms with Gasteiger partial charge in [0.25, 0.3) is 0 Å². The van der Waals surface area contributed by atoms with Crippen molar-refractivity contribution in [3.63, 3.8) is 0 Å². The average Bonchev–Trinajstić information content (AvgIpc) is 2.82. The van der Waals surface area contributed by atoms with E-state index in [1.807, 2.05) is 0 Å². The molecule has 0 amide bonds. The van der Waals surface area contributed by atoms with E-state index in [1.165, 1.54) is 58.4 Å². The number of nitrogens with zero attached hydrogens (tertiary/aromatic N) is 2. The Kier molecular flexibility index (Phi) is 4.04. The van der Waals surface area contributed by atoms with Gasteiger partial charge in [0, 0.05) is 6.04 Å². The largest absolute Gasteiger partial charge is 0.304 e. The number of rotatable bonds is 3. The molecule has 0 radical (unpaired) electrons. The van der Waals surface area contributed by atoms with Gasteiger partial charge >= 0.3 is 0 Å². The molecule has 15 heavy (non-hydrogen) atoms. The monoisotopic (exact) mass is 210 g/mol. The van der Waals surface area contributed by atoms with E-state index in [4.69, 9.17) is 0 Å². The summed E-state index contributed by atoms with van der Waals surface area (Å²) in [5.41, 5.74) is 0. The lowest BCUT2D eigenvalue weighted by molar-refractivity contribution is 0.114. The topological polar surface area (TPSA) is 6.48 Å². The second kappa shape index (κ2) is 5.31. The first-order valence-corrected chi connectivity index (χ1v) is 6.77. The predicted octanol–water partition coefficient (Wildman–Crippen LogP) is 2.20. The predicted molar refractivity (Wildman–Crippen MR) is 65.1 cm³/mol. The first-order valence-electron chi connectivity index (χ1n) is 6.77. The van der Waals surface area contributed by atoms with E-state index in [0.717, 1.165) is 12.0 Å². The zero-order valence-electron chi connectivity index (χ0n) is 10.4. The van der Waals surface area contributed by atoms with Crippen LogP contribution in [0.2, 0.25) is 0 Å². The normalized spacial score (nSPS) is 28.4. The summed E-state index contributed by atoms with van der Waals surface area (Å²) in [4.78, 5) is 5.31. The standard InChI is InChI=1S/C13H26N2/c1-3-14-10-6-13(7-11-14)12(2)15-8-4-5-9-15/h12-13H,3-11H2,1-2H3. The number of hydrogen-bond acceptors (Lipinski definition) is 2. The summed E-state index contributed by atoms with van der Waals surface area (Å²) >= 11 is 0. The second-order valence-electron chi connectivity index (χ2n) is 5.26. The molecule has 0 saturated carbocycles. The van der Waals surface area contributed by atoms with Crippen LogP contribution in [0.15, 0.2) is 0 Å². The molecular formula is C13H26N2. The minimum absolute atomic E-state index is 0.839. The molecule has 0 N–H and O–H groups in total. The van der Waals surface area contributed by atoms with E-state index in [2.05, 4.69) is 23.6 Å². The Morgan fingerprint density at radius 1 is 1.07 bits per heavy atom. The van der Waals surface area contributed by atoms with Gasteiger partial charge in [-0.3, -0.25) is 0 Å². The third-order valence-corrected chi connectivity index (χ3v) is 4.48. The molecule has 0 aliphatic carbocycles. The average molecular weight is 210 g/mol. The Morgan fingerprint density at radius 3 is 2.20 bits per heavy atom. The van der Waals surface area contributed by atoms with Crippen LogP contribution in [0.3, 0.4) is 0 Å². The molecule has 2 saturated heterocycles. The summed E-state index contributed by atoms with van der Waals surface area (Å²) in [5, 5.41) is 0. The molecule has 88 valence electrons. The van der Waals surface area contributed by atoms with Crippen LogP contribution in [0, 0.1) is 5.92 Å². The maximum absolute atomic E-state index is 2.71. The third-order valence-electron chi connectivity index (χ3n) is 4.48. The van der Waals surface area contributed by atoms with Crippen LogP contribution >= 0.6 is 0 Å².